The molecular formula is C23H21NO3. The SMILES string of the molecule is COc1cc(CC(=O)Nc2cccc(/C=C/c3ccccc3)c2)ccc1O. The van der Waals surface area contributed by atoms with Crippen LogP contribution in [0.5, 0.6) is 11.5 Å². The molecule has 3 rings (SSSR count). The molecule has 0 spiro atoms. The van der Waals surface area contributed by atoms with Crippen molar-refractivity contribution >= 4 is 23.7 Å². The summed E-state index contributed by atoms with van der Waals surface area (Å²) < 4.78 is 5.08. The van der Waals surface area contributed by atoms with Crippen molar-refractivity contribution < 1.29 is 14.6 Å². The van der Waals surface area contributed by atoms with E-state index in [1.54, 1.807) is 12.1 Å². The van der Waals surface area contributed by atoms with Crippen molar-refractivity contribution in [2.24, 2.45) is 0 Å². The molecule has 3 aromatic rings. The van der Waals surface area contributed by atoms with E-state index in [2.05, 4.69) is 5.32 Å². The molecule has 0 saturated carbocycles. The molecule has 4 heteroatoms. The highest BCUT2D eigenvalue weighted by Gasteiger charge is 2.08. The Hall–Kier alpha value is -3.53. The van der Waals surface area contributed by atoms with Gasteiger partial charge in [0.2, 0.25) is 5.91 Å². The number of hydrogen-bond acceptors (Lipinski definition) is 3. The molecule has 0 aliphatic rings. The van der Waals surface area contributed by atoms with Crippen LogP contribution in [0.1, 0.15) is 16.7 Å². The first-order valence-corrected chi connectivity index (χ1v) is 8.63. The molecule has 4 nitrogen and oxygen atoms in total. The average Bonchev–Trinajstić information content (AvgIpc) is 2.69. The molecule has 0 atom stereocenters. The number of nitrogens with one attached hydrogen (secondary N) is 1. The minimum atomic E-state index is -0.132. The third kappa shape index (κ3) is 5.22. The molecule has 0 heterocycles. The highest BCUT2D eigenvalue weighted by molar-refractivity contribution is 5.92. The zero-order chi connectivity index (χ0) is 19.1. The second-order valence-electron chi connectivity index (χ2n) is 6.10. The van der Waals surface area contributed by atoms with E-state index in [0.717, 1.165) is 22.4 Å². The molecule has 0 aliphatic heterocycles. The van der Waals surface area contributed by atoms with Crippen molar-refractivity contribution in [1.29, 1.82) is 0 Å². The van der Waals surface area contributed by atoms with Gasteiger partial charge in [0.25, 0.3) is 0 Å². The number of amides is 1. The zero-order valence-electron chi connectivity index (χ0n) is 15.1. The number of carbonyl (C=O) groups excluding carboxylic acids is 1. The molecule has 136 valence electrons. The first-order chi connectivity index (χ1) is 13.1. The third-order valence-corrected chi connectivity index (χ3v) is 4.05. The van der Waals surface area contributed by atoms with Crippen LogP contribution in [0.15, 0.2) is 72.8 Å². The van der Waals surface area contributed by atoms with E-state index in [-0.39, 0.29) is 18.1 Å². The molecule has 1 amide bonds. The first kappa shape index (κ1) is 18.3. The minimum absolute atomic E-state index is 0.0552. The van der Waals surface area contributed by atoms with Crippen molar-refractivity contribution in [3.05, 3.63) is 89.5 Å². The lowest BCUT2D eigenvalue weighted by atomic mass is 10.1. The summed E-state index contributed by atoms with van der Waals surface area (Å²) in [6.45, 7) is 0. The van der Waals surface area contributed by atoms with E-state index >= 15 is 0 Å². The Bertz CT molecular complexity index is 949. The van der Waals surface area contributed by atoms with E-state index in [0.29, 0.717) is 5.75 Å². The lowest BCUT2D eigenvalue weighted by Gasteiger charge is -2.08. The van der Waals surface area contributed by atoms with E-state index in [1.165, 1.54) is 13.2 Å². The number of aromatic hydroxyl groups is 1. The summed E-state index contributed by atoms with van der Waals surface area (Å²) in [4.78, 5) is 12.3. The largest absolute Gasteiger partial charge is 0.504 e. The van der Waals surface area contributed by atoms with Crippen molar-refractivity contribution in [2.75, 3.05) is 12.4 Å². The summed E-state index contributed by atoms with van der Waals surface area (Å²) in [5.41, 5.74) is 3.62. The van der Waals surface area contributed by atoms with E-state index in [9.17, 15) is 9.90 Å². The molecule has 3 aromatic carbocycles. The fourth-order valence-corrected chi connectivity index (χ4v) is 2.70. The van der Waals surface area contributed by atoms with Crippen LogP contribution in [0.3, 0.4) is 0 Å². The Kier molecular flexibility index (Phi) is 5.90. The molecule has 2 N–H and O–H groups in total. The fourth-order valence-electron chi connectivity index (χ4n) is 2.70. The van der Waals surface area contributed by atoms with Gasteiger partial charge in [-0.2, -0.15) is 0 Å². The van der Waals surface area contributed by atoms with Gasteiger partial charge < -0.3 is 15.2 Å². The van der Waals surface area contributed by atoms with E-state index in [4.69, 9.17) is 4.74 Å². The predicted molar refractivity (Wildman–Crippen MR) is 109 cm³/mol. The number of rotatable bonds is 6. The second-order valence-corrected chi connectivity index (χ2v) is 6.10. The zero-order valence-corrected chi connectivity index (χ0v) is 15.1. The summed E-state index contributed by atoms with van der Waals surface area (Å²) in [5.74, 6) is 0.278. The average molecular weight is 359 g/mol. The smallest absolute Gasteiger partial charge is 0.228 e. The van der Waals surface area contributed by atoms with Gasteiger partial charge in [0.15, 0.2) is 11.5 Å². The van der Waals surface area contributed by atoms with Crippen LogP contribution in [-0.2, 0) is 11.2 Å². The molecule has 0 bridgehead atoms. The van der Waals surface area contributed by atoms with Crippen LogP contribution in [0.25, 0.3) is 12.2 Å². The highest BCUT2D eigenvalue weighted by atomic mass is 16.5. The standard InChI is InChI=1S/C23H21NO3/c1-27-22-15-19(12-13-21(22)25)16-23(26)24-20-9-5-8-18(14-20)11-10-17-6-3-2-4-7-17/h2-15,25H,16H2,1H3,(H,24,26)/b11-10+. The number of phenols is 1. The summed E-state index contributed by atoms with van der Waals surface area (Å²) in [7, 11) is 1.48. The van der Waals surface area contributed by atoms with Gasteiger partial charge in [-0.3, -0.25) is 4.79 Å². The van der Waals surface area contributed by atoms with E-state index in [1.807, 2.05) is 66.7 Å². The first-order valence-electron chi connectivity index (χ1n) is 8.63. The van der Waals surface area contributed by atoms with Gasteiger partial charge in [0.1, 0.15) is 0 Å². The lowest BCUT2D eigenvalue weighted by Crippen LogP contribution is -2.14. The maximum atomic E-state index is 12.3. The molecular weight excluding hydrogens is 338 g/mol. The quantitative estimate of drug-likeness (QED) is 0.624. The number of benzene rings is 3. The van der Waals surface area contributed by atoms with Crippen LogP contribution in [0.2, 0.25) is 0 Å². The lowest BCUT2D eigenvalue weighted by molar-refractivity contribution is -0.115. The van der Waals surface area contributed by atoms with E-state index < -0.39 is 0 Å². The maximum absolute atomic E-state index is 12.3. The van der Waals surface area contributed by atoms with Gasteiger partial charge in [0.05, 0.1) is 13.5 Å². The van der Waals surface area contributed by atoms with Gasteiger partial charge in [0, 0.05) is 5.69 Å². The van der Waals surface area contributed by atoms with Crippen LogP contribution in [0.4, 0.5) is 5.69 Å². The van der Waals surface area contributed by atoms with Crippen LogP contribution in [-0.4, -0.2) is 18.1 Å². The minimum Gasteiger partial charge on any atom is -0.504 e. The van der Waals surface area contributed by atoms with Gasteiger partial charge in [-0.05, 0) is 41.0 Å². The number of anilines is 1. The molecule has 0 saturated heterocycles. The number of phenolic OH excluding ortho intramolecular Hbond substituents is 1. The van der Waals surface area contributed by atoms with Crippen LogP contribution >= 0.6 is 0 Å². The molecule has 0 aliphatic carbocycles. The number of carbonyl (C=O) groups is 1. The molecule has 0 unspecified atom stereocenters. The number of hydrogen-bond donors (Lipinski definition) is 2. The van der Waals surface area contributed by atoms with Gasteiger partial charge in [-0.25, -0.2) is 0 Å². The highest BCUT2D eigenvalue weighted by Crippen LogP contribution is 2.26. The Morgan fingerprint density at radius 1 is 0.963 bits per heavy atom. The Morgan fingerprint density at radius 2 is 1.70 bits per heavy atom. The fraction of sp³-hybridized carbons (Fsp3) is 0.0870. The van der Waals surface area contributed by atoms with Crippen molar-refractivity contribution in [2.45, 2.75) is 6.42 Å². The van der Waals surface area contributed by atoms with Crippen molar-refractivity contribution in [3.63, 3.8) is 0 Å². The summed E-state index contributed by atoms with van der Waals surface area (Å²) in [6.07, 6.45) is 4.24. The third-order valence-electron chi connectivity index (χ3n) is 4.05. The summed E-state index contributed by atoms with van der Waals surface area (Å²) >= 11 is 0. The van der Waals surface area contributed by atoms with Gasteiger partial charge in [-0.1, -0.05) is 60.7 Å². The maximum Gasteiger partial charge on any atom is 0.228 e. The van der Waals surface area contributed by atoms with Crippen molar-refractivity contribution in [1.82, 2.24) is 0 Å². The Labute approximate surface area is 158 Å². The molecule has 0 aromatic heterocycles. The van der Waals surface area contributed by atoms with Gasteiger partial charge in [-0.15, -0.1) is 0 Å². The molecule has 0 radical (unpaired) electrons. The normalized spacial score (nSPS) is 10.7. The second kappa shape index (κ2) is 8.72. The van der Waals surface area contributed by atoms with Crippen molar-refractivity contribution in [3.8, 4) is 11.5 Å². The Morgan fingerprint density at radius 3 is 2.48 bits per heavy atom. The predicted octanol–water partition coefficient (Wildman–Crippen LogP) is 4.75. The Balaban J connectivity index is 1.65. The number of ether oxygens (including phenoxy) is 1. The molecule has 27 heavy (non-hydrogen) atoms. The van der Waals surface area contributed by atoms with Gasteiger partial charge >= 0.3 is 0 Å². The van der Waals surface area contributed by atoms with Crippen LogP contribution < -0.4 is 10.1 Å². The monoisotopic (exact) mass is 359 g/mol. The summed E-state index contributed by atoms with van der Waals surface area (Å²) in [6, 6.07) is 22.6. The number of methoxy groups -OCH3 is 1. The topological polar surface area (TPSA) is 58.6 Å². The van der Waals surface area contributed by atoms with Crippen LogP contribution in [0, 0.1) is 0 Å². The summed E-state index contributed by atoms with van der Waals surface area (Å²) in [5, 5.41) is 12.5. The molecule has 0 fully saturated rings.